The topological polar surface area (TPSA) is 38.3 Å². The van der Waals surface area contributed by atoms with E-state index in [-0.39, 0.29) is 5.91 Å². The maximum absolute atomic E-state index is 11.7. The summed E-state index contributed by atoms with van der Waals surface area (Å²) in [6.45, 7) is 6.16. The average molecular weight is 267 g/mol. The van der Waals surface area contributed by atoms with Gasteiger partial charge in [-0.3, -0.25) is 4.79 Å². The zero-order valence-corrected chi connectivity index (χ0v) is 11.9. The minimum atomic E-state index is -0.0849. The van der Waals surface area contributed by atoms with E-state index >= 15 is 0 Å². The number of carbonyl (C=O) groups excluding carboxylic acids is 1. The lowest BCUT2D eigenvalue weighted by Crippen LogP contribution is -2.27. The molecular formula is C14H21NO2S. The molecule has 0 aromatic heterocycles. The number of carbonyl (C=O) groups is 1. The Morgan fingerprint density at radius 1 is 1.39 bits per heavy atom. The maximum atomic E-state index is 11.7. The molecule has 1 N–H and O–H groups in total. The summed E-state index contributed by atoms with van der Waals surface area (Å²) in [6.07, 6.45) is 1.05. The largest absolute Gasteiger partial charge is 0.380 e. The molecule has 0 fully saturated rings. The fraction of sp³-hybridized carbons (Fsp3) is 0.500. The molecule has 0 radical (unpaired) electrons. The van der Waals surface area contributed by atoms with E-state index in [1.165, 1.54) is 0 Å². The summed E-state index contributed by atoms with van der Waals surface area (Å²) in [4.78, 5) is 12.5. The molecule has 1 aromatic rings. The summed E-state index contributed by atoms with van der Waals surface area (Å²) in [5.74, 6) is 0.566. The Balaban J connectivity index is 2.18. The lowest BCUT2D eigenvalue weighted by molar-refractivity contribution is 0.0905. The van der Waals surface area contributed by atoms with Gasteiger partial charge in [0, 0.05) is 23.6 Å². The van der Waals surface area contributed by atoms with Crippen LogP contribution in [0.5, 0.6) is 0 Å². The zero-order valence-electron chi connectivity index (χ0n) is 11.0. The van der Waals surface area contributed by atoms with Crippen LogP contribution in [0.25, 0.3) is 0 Å². The van der Waals surface area contributed by atoms with Crippen LogP contribution in [0.1, 0.15) is 30.6 Å². The van der Waals surface area contributed by atoms with E-state index in [1.807, 2.05) is 12.1 Å². The molecule has 0 heterocycles. The van der Waals surface area contributed by atoms with E-state index in [2.05, 4.69) is 31.8 Å². The predicted molar refractivity (Wildman–Crippen MR) is 76.3 cm³/mol. The third-order valence-electron chi connectivity index (χ3n) is 2.48. The molecule has 0 unspecified atom stereocenters. The molecule has 1 aromatic carbocycles. The monoisotopic (exact) mass is 267 g/mol. The summed E-state index contributed by atoms with van der Waals surface area (Å²) < 4.78 is 5.42. The Morgan fingerprint density at radius 3 is 2.83 bits per heavy atom. The van der Waals surface area contributed by atoms with E-state index in [0.717, 1.165) is 17.9 Å². The van der Waals surface area contributed by atoms with Crippen molar-refractivity contribution in [2.45, 2.75) is 25.2 Å². The van der Waals surface area contributed by atoms with Crippen LogP contribution < -0.4 is 5.32 Å². The molecule has 0 bridgehead atoms. The van der Waals surface area contributed by atoms with Crippen LogP contribution in [-0.2, 0) is 4.74 Å². The third kappa shape index (κ3) is 6.07. The van der Waals surface area contributed by atoms with Crippen molar-refractivity contribution >= 4 is 18.5 Å². The first kappa shape index (κ1) is 15.1. The summed E-state index contributed by atoms with van der Waals surface area (Å²) in [5.41, 5.74) is 0.629. The second kappa shape index (κ2) is 8.16. The van der Waals surface area contributed by atoms with Crippen LogP contribution in [0.2, 0.25) is 0 Å². The maximum Gasteiger partial charge on any atom is 0.251 e. The van der Waals surface area contributed by atoms with Gasteiger partial charge >= 0.3 is 0 Å². The molecular weight excluding hydrogens is 246 g/mol. The Bertz CT molecular complexity index is 380. The summed E-state index contributed by atoms with van der Waals surface area (Å²) in [5, 5.41) is 2.82. The molecule has 0 aliphatic carbocycles. The number of benzene rings is 1. The number of hydrogen-bond donors (Lipinski definition) is 2. The fourth-order valence-electron chi connectivity index (χ4n) is 1.41. The van der Waals surface area contributed by atoms with Crippen molar-refractivity contribution in [3.63, 3.8) is 0 Å². The number of rotatable bonds is 7. The number of amides is 1. The fourth-order valence-corrected chi connectivity index (χ4v) is 1.63. The Morgan fingerprint density at radius 2 is 2.17 bits per heavy atom. The van der Waals surface area contributed by atoms with Gasteiger partial charge in [0.1, 0.15) is 0 Å². The Kier molecular flexibility index (Phi) is 6.83. The molecule has 3 nitrogen and oxygen atoms in total. The number of ether oxygens (including phenoxy) is 1. The van der Waals surface area contributed by atoms with E-state index in [1.54, 1.807) is 12.1 Å². The van der Waals surface area contributed by atoms with Crippen molar-refractivity contribution in [3.05, 3.63) is 29.8 Å². The van der Waals surface area contributed by atoms with E-state index < -0.39 is 0 Å². The number of nitrogens with one attached hydrogen (secondary N) is 1. The molecule has 4 heteroatoms. The second-order valence-electron chi connectivity index (χ2n) is 4.60. The van der Waals surface area contributed by atoms with E-state index in [9.17, 15) is 4.79 Å². The van der Waals surface area contributed by atoms with Crippen molar-refractivity contribution in [2.75, 3.05) is 19.8 Å². The number of thiol groups is 1. The minimum absolute atomic E-state index is 0.0849. The van der Waals surface area contributed by atoms with Crippen LogP contribution in [0, 0.1) is 5.92 Å². The first-order valence-electron chi connectivity index (χ1n) is 6.24. The zero-order chi connectivity index (χ0) is 13.4. The van der Waals surface area contributed by atoms with Gasteiger partial charge < -0.3 is 10.1 Å². The van der Waals surface area contributed by atoms with E-state index in [4.69, 9.17) is 4.74 Å². The standard InChI is InChI=1S/C14H21NO2S/c1-11(2)6-8-17-9-7-15-14(16)12-4-3-5-13(18)10-12/h3-5,10-11,18H,6-9H2,1-2H3,(H,15,16). The first-order valence-corrected chi connectivity index (χ1v) is 6.69. The van der Waals surface area contributed by atoms with Gasteiger partial charge in [-0.25, -0.2) is 0 Å². The molecule has 1 amide bonds. The highest BCUT2D eigenvalue weighted by Crippen LogP contribution is 2.08. The lowest BCUT2D eigenvalue weighted by atomic mass is 10.1. The lowest BCUT2D eigenvalue weighted by Gasteiger charge is -2.08. The van der Waals surface area contributed by atoms with Crippen molar-refractivity contribution in [1.29, 1.82) is 0 Å². The van der Waals surface area contributed by atoms with Crippen LogP contribution in [-0.4, -0.2) is 25.7 Å². The van der Waals surface area contributed by atoms with Crippen molar-refractivity contribution in [2.24, 2.45) is 5.92 Å². The quantitative estimate of drug-likeness (QED) is 0.589. The van der Waals surface area contributed by atoms with Gasteiger partial charge in [-0.1, -0.05) is 19.9 Å². The molecule has 0 atom stereocenters. The van der Waals surface area contributed by atoms with Crippen molar-refractivity contribution in [3.8, 4) is 0 Å². The normalized spacial score (nSPS) is 10.7. The third-order valence-corrected chi connectivity index (χ3v) is 2.76. The highest BCUT2D eigenvalue weighted by Gasteiger charge is 2.04. The van der Waals surface area contributed by atoms with Gasteiger partial charge in [0.2, 0.25) is 0 Å². The smallest absolute Gasteiger partial charge is 0.251 e. The molecule has 18 heavy (non-hydrogen) atoms. The van der Waals surface area contributed by atoms with Gasteiger partial charge in [-0.2, -0.15) is 0 Å². The summed E-state index contributed by atoms with van der Waals surface area (Å²) in [7, 11) is 0. The highest BCUT2D eigenvalue weighted by molar-refractivity contribution is 7.80. The Labute approximate surface area is 114 Å². The average Bonchev–Trinajstić information content (AvgIpc) is 2.33. The van der Waals surface area contributed by atoms with Gasteiger partial charge in [-0.15, -0.1) is 12.6 Å². The molecule has 0 aliphatic heterocycles. The van der Waals surface area contributed by atoms with Crippen molar-refractivity contribution in [1.82, 2.24) is 5.32 Å². The predicted octanol–water partition coefficient (Wildman–Crippen LogP) is 2.77. The first-order chi connectivity index (χ1) is 8.59. The second-order valence-corrected chi connectivity index (χ2v) is 5.12. The molecule has 100 valence electrons. The van der Waals surface area contributed by atoms with Crippen LogP contribution in [0.15, 0.2) is 29.2 Å². The van der Waals surface area contributed by atoms with Gasteiger partial charge in [0.05, 0.1) is 6.61 Å². The molecule has 0 saturated heterocycles. The molecule has 1 rings (SSSR count). The van der Waals surface area contributed by atoms with Crippen LogP contribution in [0.4, 0.5) is 0 Å². The SMILES string of the molecule is CC(C)CCOCCNC(=O)c1cccc(S)c1. The van der Waals surface area contributed by atoms with Gasteiger partial charge in [0.15, 0.2) is 0 Å². The summed E-state index contributed by atoms with van der Waals surface area (Å²) in [6, 6.07) is 7.18. The Hall–Kier alpha value is -1.00. The van der Waals surface area contributed by atoms with E-state index in [0.29, 0.717) is 24.6 Å². The molecule has 0 spiro atoms. The van der Waals surface area contributed by atoms with Crippen LogP contribution in [0.3, 0.4) is 0 Å². The van der Waals surface area contributed by atoms with Crippen molar-refractivity contribution < 1.29 is 9.53 Å². The minimum Gasteiger partial charge on any atom is -0.380 e. The van der Waals surface area contributed by atoms with Crippen LogP contribution >= 0.6 is 12.6 Å². The summed E-state index contributed by atoms with van der Waals surface area (Å²) >= 11 is 4.20. The van der Waals surface area contributed by atoms with Gasteiger partial charge in [0.25, 0.3) is 5.91 Å². The molecule has 0 saturated carbocycles. The molecule has 0 aliphatic rings. The van der Waals surface area contributed by atoms with Gasteiger partial charge in [-0.05, 0) is 30.5 Å². The number of hydrogen-bond acceptors (Lipinski definition) is 3. The highest BCUT2D eigenvalue weighted by atomic mass is 32.1.